The lowest BCUT2D eigenvalue weighted by molar-refractivity contribution is -0.136. The molecule has 0 spiro atoms. The highest BCUT2D eigenvalue weighted by Crippen LogP contribution is 2.33. The van der Waals surface area contributed by atoms with Gasteiger partial charge in [-0.15, -0.1) is 5.10 Å². The van der Waals surface area contributed by atoms with Crippen LogP contribution < -0.4 is 4.74 Å². The number of hydrogen-bond acceptors (Lipinski definition) is 4. The summed E-state index contributed by atoms with van der Waals surface area (Å²) in [5.41, 5.74) is 2.64. The van der Waals surface area contributed by atoms with E-state index in [9.17, 15) is 4.79 Å². The number of fused-ring (bicyclic) bond motifs is 1. The Labute approximate surface area is 123 Å². The second-order valence-corrected chi connectivity index (χ2v) is 5.55. The van der Waals surface area contributed by atoms with Crippen molar-refractivity contribution in [3.8, 4) is 5.75 Å². The highest BCUT2D eigenvalue weighted by molar-refractivity contribution is 9.10. The van der Waals surface area contributed by atoms with Crippen LogP contribution in [0.5, 0.6) is 5.75 Å². The van der Waals surface area contributed by atoms with E-state index in [0.29, 0.717) is 18.8 Å². The molecule has 1 aliphatic rings. The Hall–Kier alpha value is -1.89. The smallest absolute Gasteiger partial charge is 0.309 e. The quantitative estimate of drug-likeness (QED) is 0.917. The Morgan fingerprint density at radius 2 is 2.35 bits per heavy atom. The zero-order valence-corrected chi connectivity index (χ0v) is 12.1. The number of benzene rings is 1. The van der Waals surface area contributed by atoms with Crippen molar-refractivity contribution in [3.63, 3.8) is 0 Å². The molecule has 2 heterocycles. The third kappa shape index (κ3) is 2.67. The zero-order valence-electron chi connectivity index (χ0n) is 10.5. The Morgan fingerprint density at radius 3 is 3.15 bits per heavy atom. The van der Waals surface area contributed by atoms with Crippen LogP contribution in [0.25, 0.3) is 0 Å². The molecule has 0 aliphatic carbocycles. The predicted molar refractivity (Wildman–Crippen MR) is 73.8 cm³/mol. The van der Waals surface area contributed by atoms with E-state index in [0.717, 1.165) is 22.2 Å². The maximum absolute atomic E-state index is 10.6. The van der Waals surface area contributed by atoms with Crippen LogP contribution in [0.2, 0.25) is 0 Å². The fraction of sp³-hybridized carbons (Fsp3) is 0.308. The molecule has 2 aromatic rings. The van der Waals surface area contributed by atoms with E-state index in [1.807, 2.05) is 6.07 Å². The van der Waals surface area contributed by atoms with Crippen LogP contribution in [0.4, 0.5) is 0 Å². The van der Waals surface area contributed by atoms with Crippen LogP contribution in [0.1, 0.15) is 16.8 Å². The molecule has 104 valence electrons. The Morgan fingerprint density at radius 1 is 1.50 bits per heavy atom. The monoisotopic (exact) mass is 337 g/mol. The molecule has 7 heteroatoms. The van der Waals surface area contributed by atoms with Crippen LogP contribution >= 0.6 is 15.9 Å². The van der Waals surface area contributed by atoms with E-state index in [1.165, 1.54) is 5.56 Å². The van der Waals surface area contributed by atoms with Gasteiger partial charge in [-0.3, -0.25) is 4.79 Å². The van der Waals surface area contributed by atoms with Crippen LogP contribution in [-0.4, -0.2) is 32.7 Å². The highest BCUT2D eigenvalue weighted by atomic mass is 79.9. The number of rotatable bonds is 4. The molecule has 3 rings (SSSR count). The van der Waals surface area contributed by atoms with Crippen molar-refractivity contribution < 1.29 is 14.6 Å². The van der Waals surface area contributed by atoms with Crippen molar-refractivity contribution in [1.82, 2.24) is 15.0 Å². The van der Waals surface area contributed by atoms with Gasteiger partial charge in [-0.2, -0.15) is 0 Å². The first-order valence-corrected chi connectivity index (χ1v) is 6.96. The molecule has 1 N–H and O–H groups in total. The summed E-state index contributed by atoms with van der Waals surface area (Å²) in [6, 6.07) is 4.05. The first-order valence-electron chi connectivity index (χ1n) is 6.17. The van der Waals surface area contributed by atoms with E-state index in [1.54, 1.807) is 10.9 Å². The molecule has 0 amide bonds. The third-order valence-electron chi connectivity index (χ3n) is 3.08. The molecular formula is C13H12BrN3O3. The molecule has 6 nitrogen and oxygen atoms in total. The standard InChI is InChI=1S/C13H12BrN3O3/c14-10-3-8-1-2-20-13(8)9(4-10)6-17-7-11(15-16-17)5-12(18)19/h3-4,7H,1-2,5-6H2,(H,18,19). The summed E-state index contributed by atoms with van der Waals surface area (Å²) < 4.78 is 8.28. The molecule has 0 unspecified atom stereocenters. The first-order chi connectivity index (χ1) is 9.61. The summed E-state index contributed by atoms with van der Waals surface area (Å²) in [5.74, 6) is -0.00721. The van der Waals surface area contributed by atoms with E-state index >= 15 is 0 Å². The molecule has 0 bridgehead atoms. The molecule has 0 saturated carbocycles. The van der Waals surface area contributed by atoms with Gasteiger partial charge in [0.15, 0.2) is 0 Å². The molecule has 0 fully saturated rings. The zero-order chi connectivity index (χ0) is 14.1. The summed E-state index contributed by atoms with van der Waals surface area (Å²) in [6.45, 7) is 1.20. The first kappa shape index (κ1) is 13.1. The van der Waals surface area contributed by atoms with E-state index in [-0.39, 0.29) is 6.42 Å². The highest BCUT2D eigenvalue weighted by Gasteiger charge is 2.18. The summed E-state index contributed by atoms with van der Waals surface area (Å²) in [4.78, 5) is 10.6. The minimum Gasteiger partial charge on any atom is -0.493 e. The summed E-state index contributed by atoms with van der Waals surface area (Å²) in [6.07, 6.45) is 2.44. The topological polar surface area (TPSA) is 77.2 Å². The average Bonchev–Trinajstić information content (AvgIpc) is 2.97. The van der Waals surface area contributed by atoms with Crippen molar-refractivity contribution in [3.05, 3.63) is 39.6 Å². The number of hydrogen-bond donors (Lipinski definition) is 1. The number of aromatic nitrogens is 3. The molecule has 1 aromatic carbocycles. The van der Waals surface area contributed by atoms with Crippen LogP contribution in [0, 0.1) is 0 Å². The molecule has 0 radical (unpaired) electrons. The van der Waals surface area contributed by atoms with E-state index in [2.05, 4.69) is 32.3 Å². The molecular weight excluding hydrogens is 326 g/mol. The number of carboxylic acid groups (broad SMARTS) is 1. The molecule has 0 saturated heterocycles. The maximum Gasteiger partial charge on any atom is 0.309 e. The van der Waals surface area contributed by atoms with Crippen molar-refractivity contribution in [1.29, 1.82) is 0 Å². The fourth-order valence-electron chi connectivity index (χ4n) is 2.29. The van der Waals surface area contributed by atoms with Crippen molar-refractivity contribution in [2.24, 2.45) is 0 Å². The summed E-state index contributed by atoms with van der Waals surface area (Å²) in [7, 11) is 0. The van der Waals surface area contributed by atoms with Gasteiger partial charge in [-0.1, -0.05) is 21.1 Å². The van der Waals surface area contributed by atoms with Crippen molar-refractivity contribution in [2.45, 2.75) is 19.4 Å². The number of nitrogens with zero attached hydrogens (tertiary/aromatic N) is 3. The van der Waals surface area contributed by atoms with Gasteiger partial charge >= 0.3 is 5.97 Å². The van der Waals surface area contributed by atoms with Gasteiger partial charge in [0.1, 0.15) is 5.75 Å². The van der Waals surface area contributed by atoms with Gasteiger partial charge in [0.2, 0.25) is 0 Å². The average molecular weight is 338 g/mol. The second kappa shape index (κ2) is 5.24. The third-order valence-corrected chi connectivity index (χ3v) is 3.53. The van der Waals surface area contributed by atoms with Crippen molar-refractivity contribution >= 4 is 21.9 Å². The number of ether oxygens (including phenoxy) is 1. The predicted octanol–water partition coefficient (Wildman–Crippen LogP) is 1.65. The maximum atomic E-state index is 10.6. The molecule has 20 heavy (non-hydrogen) atoms. The Bertz CT molecular complexity index is 669. The lowest BCUT2D eigenvalue weighted by atomic mass is 10.1. The number of carboxylic acids is 1. The van der Waals surface area contributed by atoms with Gasteiger partial charge in [-0.05, 0) is 17.7 Å². The fourth-order valence-corrected chi connectivity index (χ4v) is 2.84. The van der Waals surface area contributed by atoms with Gasteiger partial charge in [0, 0.05) is 22.7 Å². The second-order valence-electron chi connectivity index (χ2n) is 4.63. The van der Waals surface area contributed by atoms with E-state index < -0.39 is 5.97 Å². The van der Waals surface area contributed by atoms with Crippen LogP contribution in [-0.2, 0) is 24.2 Å². The number of carbonyl (C=O) groups is 1. The number of halogens is 1. The van der Waals surface area contributed by atoms with Gasteiger partial charge < -0.3 is 9.84 Å². The van der Waals surface area contributed by atoms with Gasteiger partial charge in [0.05, 0.1) is 25.3 Å². The molecule has 1 aliphatic heterocycles. The molecule has 1 aromatic heterocycles. The minimum absolute atomic E-state index is 0.118. The van der Waals surface area contributed by atoms with Crippen LogP contribution in [0.3, 0.4) is 0 Å². The minimum atomic E-state index is -0.913. The SMILES string of the molecule is O=C(O)Cc1cn(Cc2cc(Br)cc3c2OCC3)nn1. The van der Waals surface area contributed by atoms with Crippen molar-refractivity contribution in [2.75, 3.05) is 6.61 Å². The van der Waals surface area contributed by atoms with Gasteiger partial charge in [0.25, 0.3) is 0 Å². The Kier molecular flexibility index (Phi) is 3.43. The normalized spacial score (nSPS) is 13.1. The lowest BCUT2D eigenvalue weighted by Gasteiger charge is -2.08. The lowest BCUT2D eigenvalue weighted by Crippen LogP contribution is -2.03. The summed E-state index contributed by atoms with van der Waals surface area (Å²) >= 11 is 3.49. The number of aliphatic carboxylic acids is 1. The molecule has 0 atom stereocenters. The summed E-state index contributed by atoms with van der Waals surface area (Å²) in [5, 5.41) is 16.5. The largest absolute Gasteiger partial charge is 0.493 e. The van der Waals surface area contributed by atoms with Gasteiger partial charge in [-0.25, -0.2) is 4.68 Å². The van der Waals surface area contributed by atoms with Crippen LogP contribution in [0.15, 0.2) is 22.8 Å². The van der Waals surface area contributed by atoms with E-state index in [4.69, 9.17) is 9.84 Å². The Balaban J connectivity index is 1.84.